The summed E-state index contributed by atoms with van der Waals surface area (Å²) >= 11 is 1.79. The van der Waals surface area contributed by atoms with Crippen molar-refractivity contribution in [2.24, 2.45) is 0 Å². The molecule has 0 bridgehead atoms. The fourth-order valence-corrected chi connectivity index (χ4v) is 8.56. The van der Waals surface area contributed by atoms with Crippen LogP contribution in [0.1, 0.15) is 0 Å². The molecule has 0 spiro atoms. The number of rotatable bonds is 6. The molecule has 0 amide bonds. The lowest BCUT2D eigenvalue weighted by molar-refractivity contribution is 1.08. The summed E-state index contributed by atoms with van der Waals surface area (Å²) in [7, 11) is 0. The second-order valence-corrected chi connectivity index (χ2v) is 14.2. The predicted octanol–water partition coefficient (Wildman–Crippen LogP) is 13.4. The molecular formula is C49H31N3S. The Balaban J connectivity index is 1.17. The zero-order chi connectivity index (χ0) is 35.1. The van der Waals surface area contributed by atoms with Crippen molar-refractivity contribution in [2.75, 3.05) is 0 Å². The SMILES string of the molecule is c1ccc(-c2ccc(-c3cccc(-c4ccc5ccccc5c4-c4nc(-c5ccccc5)nc(-c5cccc6c5sc5ccccc56)n4)c3)cc2)cc1. The quantitative estimate of drug-likeness (QED) is 0.174. The van der Waals surface area contributed by atoms with E-state index in [1.165, 1.54) is 36.9 Å². The van der Waals surface area contributed by atoms with E-state index < -0.39 is 0 Å². The van der Waals surface area contributed by atoms with Gasteiger partial charge in [0.1, 0.15) is 0 Å². The molecule has 10 aromatic rings. The van der Waals surface area contributed by atoms with Crippen LogP contribution < -0.4 is 0 Å². The van der Waals surface area contributed by atoms with Gasteiger partial charge in [-0.05, 0) is 62.4 Å². The molecular weight excluding hydrogens is 663 g/mol. The normalized spacial score (nSPS) is 11.4. The minimum Gasteiger partial charge on any atom is -0.208 e. The lowest BCUT2D eigenvalue weighted by Crippen LogP contribution is -2.02. The topological polar surface area (TPSA) is 38.7 Å². The Morgan fingerprint density at radius 1 is 0.321 bits per heavy atom. The maximum atomic E-state index is 5.36. The molecule has 0 unspecified atom stereocenters. The van der Waals surface area contributed by atoms with Crippen LogP contribution in [0, 0.1) is 0 Å². The lowest BCUT2D eigenvalue weighted by Gasteiger charge is -2.16. The van der Waals surface area contributed by atoms with E-state index in [0.29, 0.717) is 17.5 Å². The number of fused-ring (bicyclic) bond motifs is 4. The highest BCUT2D eigenvalue weighted by molar-refractivity contribution is 7.26. The monoisotopic (exact) mass is 693 g/mol. The van der Waals surface area contributed by atoms with E-state index in [1.807, 2.05) is 18.2 Å². The molecule has 0 fully saturated rings. The van der Waals surface area contributed by atoms with Crippen LogP contribution >= 0.6 is 11.3 Å². The van der Waals surface area contributed by atoms with Gasteiger partial charge in [-0.2, -0.15) is 0 Å². The van der Waals surface area contributed by atoms with Gasteiger partial charge in [-0.1, -0.05) is 170 Å². The lowest BCUT2D eigenvalue weighted by atomic mass is 9.91. The van der Waals surface area contributed by atoms with Gasteiger partial charge >= 0.3 is 0 Å². The number of aromatic nitrogens is 3. The molecule has 0 radical (unpaired) electrons. The summed E-state index contributed by atoms with van der Waals surface area (Å²) in [6, 6.07) is 66.3. The third-order valence-corrected chi connectivity index (χ3v) is 11.2. The summed E-state index contributed by atoms with van der Waals surface area (Å²) in [5.74, 6) is 1.96. The van der Waals surface area contributed by atoms with Gasteiger partial charge in [-0.3, -0.25) is 0 Å². The van der Waals surface area contributed by atoms with E-state index >= 15 is 0 Å². The molecule has 4 heteroatoms. The smallest absolute Gasteiger partial charge is 0.165 e. The fraction of sp³-hybridized carbons (Fsp3) is 0. The van der Waals surface area contributed by atoms with Gasteiger partial charge in [0.2, 0.25) is 0 Å². The van der Waals surface area contributed by atoms with Crippen LogP contribution in [0.25, 0.3) is 98.5 Å². The van der Waals surface area contributed by atoms with Crippen LogP contribution in [0.15, 0.2) is 188 Å². The van der Waals surface area contributed by atoms with E-state index in [1.54, 1.807) is 11.3 Å². The Morgan fingerprint density at radius 2 is 0.887 bits per heavy atom. The van der Waals surface area contributed by atoms with Gasteiger partial charge in [0.05, 0.1) is 0 Å². The van der Waals surface area contributed by atoms with Crippen molar-refractivity contribution in [1.82, 2.24) is 15.0 Å². The number of nitrogens with zero attached hydrogens (tertiary/aromatic N) is 3. The van der Waals surface area contributed by atoms with Crippen molar-refractivity contribution in [3.05, 3.63) is 188 Å². The average molecular weight is 694 g/mol. The first kappa shape index (κ1) is 31.0. The third kappa shape index (κ3) is 5.66. The second kappa shape index (κ2) is 13.1. The molecule has 0 atom stereocenters. The summed E-state index contributed by atoms with van der Waals surface area (Å²) in [6.45, 7) is 0. The van der Waals surface area contributed by atoms with Gasteiger partial charge < -0.3 is 0 Å². The van der Waals surface area contributed by atoms with Crippen molar-refractivity contribution in [1.29, 1.82) is 0 Å². The minimum absolute atomic E-state index is 0.648. The standard InChI is InChI=1S/C49H31N3S/c1-3-13-32(14-4-1)33-25-27-34(28-26-33)37-18-11-19-38(31-37)40-30-29-35-15-7-8-20-39(35)45(40)49-51-47(36-16-5-2-6-17-36)50-48(52-49)43-23-12-22-42-41-21-9-10-24-44(41)53-46(42)43/h1-31H. The number of hydrogen-bond acceptors (Lipinski definition) is 4. The summed E-state index contributed by atoms with van der Waals surface area (Å²) < 4.78 is 2.42. The number of benzene rings is 8. The Labute approximate surface area is 311 Å². The Bertz CT molecular complexity index is 2930. The predicted molar refractivity (Wildman–Crippen MR) is 223 cm³/mol. The largest absolute Gasteiger partial charge is 0.208 e. The van der Waals surface area contributed by atoms with Gasteiger partial charge in [-0.25, -0.2) is 15.0 Å². The minimum atomic E-state index is 0.648. The molecule has 53 heavy (non-hydrogen) atoms. The van der Waals surface area contributed by atoms with Gasteiger partial charge in [0.25, 0.3) is 0 Å². The molecule has 2 aromatic heterocycles. The van der Waals surface area contributed by atoms with Crippen LogP contribution in [-0.2, 0) is 0 Å². The summed E-state index contributed by atoms with van der Waals surface area (Å²) in [5, 5.41) is 4.69. The molecule has 0 aliphatic rings. The average Bonchev–Trinajstić information content (AvgIpc) is 3.63. The molecule has 10 rings (SSSR count). The van der Waals surface area contributed by atoms with Crippen LogP contribution in [0.3, 0.4) is 0 Å². The summed E-state index contributed by atoms with van der Waals surface area (Å²) in [6.07, 6.45) is 0. The van der Waals surface area contributed by atoms with Crippen LogP contribution in [-0.4, -0.2) is 15.0 Å². The Kier molecular flexibility index (Phi) is 7.67. The number of hydrogen-bond donors (Lipinski definition) is 0. The van der Waals surface area contributed by atoms with Crippen LogP contribution in [0.4, 0.5) is 0 Å². The molecule has 0 saturated carbocycles. The highest BCUT2D eigenvalue weighted by Gasteiger charge is 2.20. The molecule has 2 heterocycles. The molecule has 0 saturated heterocycles. The molecule has 248 valence electrons. The first-order valence-corrected chi connectivity index (χ1v) is 18.6. The van der Waals surface area contributed by atoms with E-state index in [9.17, 15) is 0 Å². The van der Waals surface area contributed by atoms with E-state index in [-0.39, 0.29) is 0 Å². The highest BCUT2D eigenvalue weighted by atomic mass is 32.1. The van der Waals surface area contributed by atoms with Crippen molar-refractivity contribution in [3.8, 4) is 67.5 Å². The molecule has 0 aliphatic carbocycles. The van der Waals surface area contributed by atoms with Crippen LogP contribution in [0.5, 0.6) is 0 Å². The molecule has 0 aliphatic heterocycles. The van der Waals surface area contributed by atoms with E-state index in [4.69, 9.17) is 15.0 Å². The zero-order valence-corrected chi connectivity index (χ0v) is 29.5. The summed E-state index contributed by atoms with van der Waals surface area (Å²) in [5.41, 5.74) is 9.85. The second-order valence-electron chi connectivity index (χ2n) is 13.2. The third-order valence-electron chi connectivity index (χ3n) is 9.96. The van der Waals surface area contributed by atoms with Gasteiger partial charge in [-0.15, -0.1) is 11.3 Å². The Morgan fingerprint density at radius 3 is 1.70 bits per heavy atom. The van der Waals surface area contributed by atoms with Crippen molar-refractivity contribution < 1.29 is 0 Å². The van der Waals surface area contributed by atoms with Crippen LogP contribution in [0.2, 0.25) is 0 Å². The van der Waals surface area contributed by atoms with E-state index in [0.717, 1.165) is 44.2 Å². The van der Waals surface area contributed by atoms with Crippen molar-refractivity contribution in [2.45, 2.75) is 0 Å². The maximum absolute atomic E-state index is 5.36. The fourth-order valence-electron chi connectivity index (χ4n) is 7.35. The molecule has 3 nitrogen and oxygen atoms in total. The molecule has 8 aromatic carbocycles. The Hall–Kier alpha value is -6.75. The van der Waals surface area contributed by atoms with E-state index in [2.05, 4.69) is 170 Å². The van der Waals surface area contributed by atoms with Gasteiger partial charge in [0, 0.05) is 36.9 Å². The highest BCUT2D eigenvalue weighted by Crippen LogP contribution is 2.42. The number of thiophene rings is 1. The summed E-state index contributed by atoms with van der Waals surface area (Å²) in [4.78, 5) is 15.8. The maximum Gasteiger partial charge on any atom is 0.165 e. The van der Waals surface area contributed by atoms with Crippen molar-refractivity contribution >= 4 is 42.3 Å². The molecule has 0 N–H and O–H groups in total. The first-order chi connectivity index (χ1) is 26.3. The van der Waals surface area contributed by atoms with Gasteiger partial charge in [0.15, 0.2) is 17.5 Å². The first-order valence-electron chi connectivity index (χ1n) is 17.8. The zero-order valence-electron chi connectivity index (χ0n) is 28.6. The van der Waals surface area contributed by atoms with Crippen molar-refractivity contribution in [3.63, 3.8) is 0 Å².